The Morgan fingerprint density at radius 3 is 2.06 bits per heavy atom. The fraction of sp³-hybridized carbons (Fsp3) is 0.323. The van der Waals surface area contributed by atoms with E-state index in [4.69, 9.17) is 5.11 Å². The molecule has 0 saturated carbocycles. The van der Waals surface area contributed by atoms with Gasteiger partial charge in [-0.2, -0.15) is 0 Å². The van der Waals surface area contributed by atoms with Crippen molar-refractivity contribution in [2.75, 3.05) is 0 Å². The number of hydrogen-bond acceptors (Lipinski definition) is 1. The molecule has 1 aliphatic carbocycles. The molecule has 0 bridgehead atoms. The monoisotopic (exact) mass is 440 g/mol. The number of hydrogen-bond donors (Lipinski definition) is 1. The van der Waals surface area contributed by atoms with E-state index in [0.717, 1.165) is 17.2 Å². The van der Waals surface area contributed by atoms with Gasteiger partial charge in [0, 0.05) is 6.08 Å². The predicted molar refractivity (Wildman–Crippen MR) is 141 cm³/mol. The Morgan fingerprint density at radius 1 is 0.848 bits per heavy atom. The molecule has 2 nitrogen and oxygen atoms in total. The molecule has 33 heavy (non-hydrogen) atoms. The van der Waals surface area contributed by atoms with Crippen molar-refractivity contribution < 1.29 is 9.90 Å². The van der Waals surface area contributed by atoms with Crippen molar-refractivity contribution in [2.24, 2.45) is 0 Å². The lowest BCUT2D eigenvalue weighted by Gasteiger charge is -2.42. The Hall–Kier alpha value is -3.13. The van der Waals surface area contributed by atoms with E-state index in [-0.39, 0.29) is 10.8 Å². The molecule has 1 N–H and O–H groups in total. The first kappa shape index (κ1) is 24.5. The summed E-state index contributed by atoms with van der Waals surface area (Å²) in [6, 6.07) is 13.2. The van der Waals surface area contributed by atoms with E-state index in [9.17, 15) is 4.79 Å². The Labute approximate surface area is 199 Å². The molecule has 172 valence electrons. The molecular formula is C31H36O2. The molecule has 0 heterocycles. The van der Waals surface area contributed by atoms with Gasteiger partial charge in [-0.25, -0.2) is 4.79 Å². The molecule has 0 aliphatic heterocycles. The van der Waals surface area contributed by atoms with Crippen LogP contribution in [0.1, 0.15) is 73.9 Å². The molecule has 0 amide bonds. The van der Waals surface area contributed by atoms with Crippen molar-refractivity contribution in [3.63, 3.8) is 0 Å². The molecule has 3 rings (SSSR count). The maximum atomic E-state index is 10.7. The zero-order chi connectivity index (χ0) is 24.2. The number of benzene rings is 2. The van der Waals surface area contributed by atoms with Crippen molar-refractivity contribution in [1.29, 1.82) is 0 Å². The van der Waals surface area contributed by atoms with Crippen LogP contribution in [0.2, 0.25) is 0 Å². The normalized spacial score (nSPS) is 17.7. The summed E-state index contributed by atoms with van der Waals surface area (Å²) in [5.74, 6) is -0.948. The number of carboxylic acids is 1. The summed E-state index contributed by atoms with van der Waals surface area (Å²) in [6.07, 6.45) is 15.1. The Balaban J connectivity index is 2.01. The average Bonchev–Trinajstić information content (AvgIpc) is 2.74. The second kappa shape index (κ2) is 9.79. The van der Waals surface area contributed by atoms with Crippen molar-refractivity contribution >= 4 is 17.6 Å². The molecule has 0 unspecified atom stereocenters. The highest BCUT2D eigenvalue weighted by Crippen LogP contribution is 2.46. The number of fused-ring (bicyclic) bond motifs is 1. The second-order valence-corrected chi connectivity index (χ2v) is 10.4. The van der Waals surface area contributed by atoms with Gasteiger partial charge in [0.05, 0.1) is 0 Å². The summed E-state index contributed by atoms with van der Waals surface area (Å²) in [4.78, 5) is 10.7. The quantitative estimate of drug-likeness (QED) is 0.365. The SMILES string of the molecule is Cc1ccc(C(=C\C=C\C=C\C(=O)O)/C=C/c2cc3c(cc2C)C(C)(C)CCC3(C)C)cc1. The number of aryl methyl sites for hydroxylation is 2. The van der Waals surface area contributed by atoms with Crippen LogP contribution in [-0.2, 0) is 15.6 Å². The van der Waals surface area contributed by atoms with Gasteiger partial charge in [0.25, 0.3) is 0 Å². The second-order valence-electron chi connectivity index (χ2n) is 10.4. The van der Waals surface area contributed by atoms with Gasteiger partial charge in [-0.1, -0.05) is 106 Å². The van der Waals surface area contributed by atoms with Crippen molar-refractivity contribution in [2.45, 2.75) is 65.2 Å². The molecule has 0 radical (unpaired) electrons. The fourth-order valence-electron chi connectivity index (χ4n) is 4.45. The highest BCUT2D eigenvalue weighted by Gasteiger charge is 2.37. The van der Waals surface area contributed by atoms with Gasteiger partial charge < -0.3 is 5.11 Å². The Bertz CT molecular complexity index is 1140. The van der Waals surface area contributed by atoms with Gasteiger partial charge in [-0.05, 0) is 70.9 Å². The summed E-state index contributed by atoms with van der Waals surface area (Å²) in [6.45, 7) is 13.7. The predicted octanol–water partition coefficient (Wildman–Crippen LogP) is 7.95. The van der Waals surface area contributed by atoms with Crippen LogP contribution in [0.3, 0.4) is 0 Å². The zero-order valence-corrected chi connectivity index (χ0v) is 20.8. The van der Waals surface area contributed by atoms with Crippen LogP contribution in [0, 0.1) is 13.8 Å². The minimum atomic E-state index is -0.948. The van der Waals surface area contributed by atoms with E-state index >= 15 is 0 Å². The Morgan fingerprint density at radius 2 is 1.45 bits per heavy atom. The van der Waals surface area contributed by atoms with Crippen LogP contribution in [0.5, 0.6) is 0 Å². The lowest BCUT2D eigenvalue weighted by Crippen LogP contribution is -2.34. The number of aliphatic carboxylic acids is 1. The number of carboxylic acid groups (broad SMARTS) is 1. The number of rotatable bonds is 6. The molecule has 1 aliphatic rings. The third-order valence-electron chi connectivity index (χ3n) is 6.80. The van der Waals surface area contributed by atoms with Gasteiger partial charge in [0.2, 0.25) is 0 Å². The first-order chi connectivity index (χ1) is 15.5. The summed E-state index contributed by atoms with van der Waals surface area (Å²) in [5.41, 5.74) is 9.28. The first-order valence-corrected chi connectivity index (χ1v) is 11.7. The minimum absolute atomic E-state index is 0.177. The third-order valence-corrected chi connectivity index (χ3v) is 6.80. The van der Waals surface area contributed by atoms with Gasteiger partial charge in [-0.15, -0.1) is 0 Å². The molecule has 0 aromatic heterocycles. The topological polar surface area (TPSA) is 37.3 Å². The van der Waals surface area contributed by atoms with Gasteiger partial charge >= 0.3 is 5.97 Å². The standard InChI is InChI=1S/C31H36O2/c1-22-12-14-25(15-13-22)24(10-8-7-9-11-29(32)33)16-17-26-21-28-27(20-23(26)2)30(3,4)18-19-31(28,5)6/h7-17,20-21H,18-19H2,1-6H3,(H,32,33)/b8-7+,11-9+,17-16+,24-10-. The highest BCUT2D eigenvalue weighted by atomic mass is 16.4. The van der Waals surface area contributed by atoms with Crippen molar-refractivity contribution in [3.05, 3.63) is 106 Å². The average molecular weight is 441 g/mol. The molecule has 2 heteroatoms. The molecule has 0 fully saturated rings. The van der Waals surface area contributed by atoms with Crippen LogP contribution in [0.25, 0.3) is 11.6 Å². The molecule has 0 saturated heterocycles. The highest BCUT2D eigenvalue weighted by molar-refractivity contribution is 5.81. The lowest BCUT2D eigenvalue weighted by atomic mass is 9.62. The molecule has 0 atom stereocenters. The lowest BCUT2D eigenvalue weighted by molar-refractivity contribution is -0.131. The largest absolute Gasteiger partial charge is 0.478 e. The van der Waals surface area contributed by atoms with Crippen LogP contribution in [0.4, 0.5) is 0 Å². The van der Waals surface area contributed by atoms with Crippen LogP contribution >= 0.6 is 0 Å². The van der Waals surface area contributed by atoms with Crippen molar-refractivity contribution in [1.82, 2.24) is 0 Å². The van der Waals surface area contributed by atoms with Crippen LogP contribution < -0.4 is 0 Å². The van der Waals surface area contributed by atoms with E-state index in [2.05, 4.69) is 90.1 Å². The zero-order valence-electron chi connectivity index (χ0n) is 20.8. The fourth-order valence-corrected chi connectivity index (χ4v) is 4.45. The van der Waals surface area contributed by atoms with E-state index in [1.807, 2.05) is 12.2 Å². The van der Waals surface area contributed by atoms with E-state index in [0.29, 0.717) is 0 Å². The smallest absolute Gasteiger partial charge is 0.328 e. The van der Waals surface area contributed by atoms with Crippen LogP contribution in [0.15, 0.2) is 72.9 Å². The van der Waals surface area contributed by atoms with Crippen molar-refractivity contribution in [3.8, 4) is 0 Å². The first-order valence-electron chi connectivity index (χ1n) is 11.7. The Kier molecular flexibility index (Phi) is 7.27. The molecule has 2 aromatic carbocycles. The summed E-state index contributed by atoms with van der Waals surface area (Å²) in [5, 5.41) is 8.77. The summed E-state index contributed by atoms with van der Waals surface area (Å²) >= 11 is 0. The van der Waals surface area contributed by atoms with E-state index in [1.165, 1.54) is 46.7 Å². The van der Waals surface area contributed by atoms with E-state index < -0.39 is 5.97 Å². The van der Waals surface area contributed by atoms with Gasteiger partial charge in [0.1, 0.15) is 0 Å². The minimum Gasteiger partial charge on any atom is -0.478 e. The van der Waals surface area contributed by atoms with Gasteiger partial charge in [-0.3, -0.25) is 0 Å². The van der Waals surface area contributed by atoms with Crippen LogP contribution in [-0.4, -0.2) is 11.1 Å². The third kappa shape index (κ3) is 6.01. The maximum absolute atomic E-state index is 10.7. The summed E-state index contributed by atoms with van der Waals surface area (Å²) < 4.78 is 0. The molecule has 0 spiro atoms. The summed E-state index contributed by atoms with van der Waals surface area (Å²) in [7, 11) is 0. The van der Waals surface area contributed by atoms with Gasteiger partial charge in [0.15, 0.2) is 0 Å². The number of allylic oxidation sites excluding steroid dienone is 6. The molecular weight excluding hydrogens is 404 g/mol. The molecule has 2 aromatic rings. The van der Waals surface area contributed by atoms with E-state index in [1.54, 1.807) is 6.08 Å². The maximum Gasteiger partial charge on any atom is 0.328 e. The number of carbonyl (C=O) groups is 1.